The highest BCUT2D eigenvalue weighted by Crippen LogP contribution is 2.30. The first kappa shape index (κ1) is 14.0. The predicted molar refractivity (Wildman–Crippen MR) is 73.2 cm³/mol. The lowest BCUT2D eigenvalue weighted by Crippen LogP contribution is -2.02. The number of carbonyl (C=O) groups excluding carboxylic acids is 1. The normalized spacial score (nSPS) is 11.7. The monoisotopic (exact) mass is 315 g/mol. The van der Waals surface area contributed by atoms with Crippen LogP contribution >= 0.6 is 34.5 Å². The average molecular weight is 316 g/mol. The van der Waals surface area contributed by atoms with Crippen molar-refractivity contribution in [3.05, 3.63) is 33.3 Å². The van der Waals surface area contributed by atoms with Crippen LogP contribution in [0.15, 0.2) is 23.2 Å². The lowest BCUT2D eigenvalue weighted by Gasteiger charge is -2.12. The van der Waals surface area contributed by atoms with Crippen molar-refractivity contribution in [2.24, 2.45) is 4.99 Å². The van der Waals surface area contributed by atoms with Crippen molar-refractivity contribution in [1.29, 1.82) is 0 Å². The van der Waals surface area contributed by atoms with Crippen LogP contribution in [0.5, 0.6) is 5.75 Å². The zero-order chi connectivity index (χ0) is 13.8. The van der Waals surface area contributed by atoms with Crippen LogP contribution in [0.25, 0.3) is 0 Å². The Morgan fingerprint density at radius 1 is 1.32 bits per heavy atom. The fraction of sp³-hybridized carbons (Fsp3) is 0.182. The van der Waals surface area contributed by atoms with E-state index in [0.29, 0.717) is 20.8 Å². The van der Waals surface area contributed by atoms with Gasteiger partial charge in [-0.05, 0) is 25.1 Å². The first-order valence-electron chi connectivity index (χ1n) is 5.12. The van der Waals surface area contributed by atoms with Gasteiger partial charge in [-0.3, -0.25) is 0 Å². The summed E-state index contributed by atoms with van der Waals surface area (Å²) in [4.78, 5) is 13.5. The molecular formula is C11H7Cl2N3O2S. The molecule has 0 saturated carbocycles. The number of benzene rings is 1. The van der Waals surface area contributed by atoms with Crippen LogP contribution in [0, 0.1) is 0 Å². The van der Waals surface area contributed by atoms with Gasteiger partial charge in [0.2, 0.25) is 11.2 Å². The summed E-state index contributed by atoms with van der Waals surface area (Å²) < 4.78 is 5.65. The maximum Gasteiger partial charge on any atom is 0.242 e. The number of ether oxygens (including phenoxy) is 1. The number of aliphatic imine (C=N–C) groups is 1. The molecule has 2 rings (SSSR count). The maximum atomic E-state index is 10.1. The molecule has 1 atom stereocenters. The Hall–Kier alpha value is -1.46. The molecule has 2 aromatic rings. The highest BCUT2D eigenvalue weighted by Gasteiger charge is 2.14. The SMILES string of the molecule is CC(Oc1cc(Cl)cc(Cl)c1)c1nnc(N=C=O)s1. The number of isocyanates is 1. The molecule has 19 heavy (non-hydrogen) atoms. The molecule has 98 valence electrons. The van der Waals surface area contributed by atoms with E-state index >= 15 is 0 Å². The minimum Gasteiger partial charge on any atom is -0.483 e. The van der Waals surface area contributed by atoms with Gasteiger partial charge < -0.3 is 4.74 Å². The third-order valence-electron chi connectivity index (χ3n) is 2.07. The van der Waals surface area contributed by atoms with Crippen LogP contribution in [0.4, 0.5) is 5.13 Å². The third kappa shape index (κ3) is 3.75. The van der Waals surface area contributed by atoms with E-state index < -0.39 is 0 Å². The molecule has 1 heterocycles. The molecular weight excluding hydrogens is 309 g/mol. The number of rotatable bonds is 4. The van der Waals surface area contributed by atoms with Crippen LogP contribution in [0.1, 0.15) is 18.0 Å². The summed E-state index contributed by atoms with van der Waals surface area (Å²) in [6.45, 7) is 1.80. The van der Waals surface area contributed by atoms with Gasteiger partial charge >= 0.3 is 0 Å². The van der Waals surface area contributed by atoms with Crippen LogP contribution in [0.2, 0.25) is 10.0 Å². The molecule has 0 aliphatic rings. The number of halogens is 2. The van der Waals surface area contributed by atoms with Crippen molar-refractivity contribution in [1.82, 2.24) is 10.2 Å². The molecule has 0 spiro atoms. The van der Waals surface area contributed by atoms with E-state index in [1.54, 1.807) is 25.1 Å². The smallest absolute Gasteiger partial charge is 0.242 e. The van der Waals surface area contributed by atoms with E-state index in [2.05, 4.69) is 15.2 Å². The number of aromatic nitrogens is 2. The van der Waals surface area contributed by atoms with Gasteiger partial charge in [0, 0.05) is 10.0 Å². The van der Waals surface area contributed by atoms with E-state index in [1.165, 1.54) is 6.08 Å². The Morgan fingerprint density at radius 2 is 2.00 bits per heavy atom. The Kier molecular flexibility index (Phi) is 4.50. The molecule has 0 aliphatic carbocycles. The Labute approximate surface area is 122 Å². The van der Waals surface area contributed by atoms with E-state index in [9.17, 15) is 4.79 Å². The largest absolute Gasteiger partial charge is 0.483 e. The van der Waals surface area contributed by atoms with Crippen LogP contribution in [-0.2, 0) is 4.79 Å². The van der Waals surface area contributed by atoms with Crippen LogP contribution in [-0.4, -0.2) is 16.3 Å². The van der Waals surface area contributed by atoms with E-state index in [4.69, 9.17) is 27.9 Å². The summed E-state index contributed by atoms with van der Waals surface area (Å²) >= 11 is 12.9. The van der Waals surface area contributed by atoms with E-state index in [0.717, 1.165) is 11.3 Å². The predicted octanol–water partition coefficient (Wildman–Crippen LogP) is 3.95. The molecule has 0 radical (unpaired) electrons. The number of hydrogen-bond donors (Lipinski definition) is 0. The summed E-state index contributed by atoms with van der Waals surface area (Å²) in [5, 5.41) is 9.39. The summed E-state index contributed by atoms with van der Waals surface area (Å²) in [7, 11) is 0. The molecule has 0 saturated heterocycles. The van der Waals surface area contributed by atoms with Gasteiger partial charge in [0.25, 0.3) is 0 Å². The fourth-order valence-electron chi connectivity index (χ4n) is 1.33. The molecule has 1 aromatic heterocycles. The van der Waals surface area contributed by atoms with Gasteiger partial charge in [-0.15, -0.1) is 15.2 Å². The van der Waals surface area contributed by atoms with Gasteiger partial charge in [-0.25, -0.2) is 4.79 Å². The third-order valence-corrected chi connectivity index (χ3v) is 3.48. The summed E-state index contributed by atoms with van der Waals surface area (Å²) in [6.07, 6.45) is 1.05. The molecule has 8 heteroatoms. The van der Waals surface area contributed by atoms with Gasteiger partial charge in [-0.2, -0.15) is 0 Å². The minimum atomic E-state index is -0.359. The minimum absolute atomic E-state index is 0.240. The number of hydrogen-bond acceptors (Lipinski definition) is 6. The first-order valence-corrected chi connectivity index (χ1v) is 6.70. The second-order valence-electron chi connectivity index (χ2n) is 3.49. The Balaban J connectivity index is 2.15. The molecule has 0 N–H and O–H groups in total. The summed E-state index contributed by atoms with van der Waals surface area (Å²) in [5.74, 6) is 0.528. The lowest BCUT2D eigenvalue weighted by molar-refractivity contribution is 0.225. The summed E-state index contributed by atoms with van der Waals surface area (Å²) in [5.41, 5.74) is 0. The highest BCUT2D eigenvalue weighted by molar-refractivity contribution is 7.15. The topological polar surface area (TPSA) is 64.4 Å². The fourth-order valence-corrected chi connectivity index (χ4v) is 2.48. The molecule has 0 amide bonds. The zero-order valence-electron chi connectivity index (χ0n) is 9.63. The molecule has 0 aliphatic heterocycles. The average Bonchev–Trinajstić information content (AvgIpc) is 2.76. The lowest BCUT2D eigenvalue weighted by atomic mass is 10.3. The van der Waals surface area contributed by atoms with Gasteiger partial charge in [0.05, 0.1) is 0 Å². The Morgan fingerprint density at radius 3 is 2.63 bits per heavy atom. The first-order chi connectivity index (χ1) is 9.08. The molecule has 1 unspecified atom stereocenters. The van der Waals surface area contributed by atoms with Crippen molar-refractivity contribution in [3.63, 3.8) is 0 Å². The second kappa shape index (κ2) is 6.12. The van der Waals surface area contributed by atoms with Gasteiger partial charge in [-0.1, -0.05) is 34.5 Å². The van der Waals surface area contributed by atoms with Crippen molar-refractivity contribution in [2.75, 3.05) is 0 Å². The van der Waals surface area contributed by atoms with E-state index in [1.807, 2.05) is 0 Å². The Bertz CT molecular complexity index is 620. The van der Waals surface area contributed by atoms with Crippen molar-refractivity contribution in [2.45, 2.75) is 13.0 Å². The molecule has 0 fully saturated rings. The van der Waals surface area contributed by atoms with Gasteiger partial charge in [0.1, 0.15) is 11.9 Å². The van der Waals surface area contributed by atoms with Crippen molar-refractivity contribution in [3.8, 4) is 5.75 Å². The number of nitrogens with zero attached hydrogens (tertiary/aromatic N) is 3. The summed E-state index contributed by atoms with van der Waals surface area (Å²) in [6, 6.07) is 4.91. The van der Waals surface area contributed by atoms with Crippen molar-refractivity contribution < 1.29 is 9.53 Å². The van der Waals surface area contributed by atoms with Gasteiger partial charge in [0.15, 0.2) is 5.01 Å². The maximum absolute atomic E-state index is 10.1. The zero-order valence-corrected chi connectivity index (χ0v) is 12.0. The highest BCUT2D eigenvalue weighted by atomic mass is 35.5. The molecule has 0 bridgehead atoms. The van der Waals surface area contributed by atoms with Crippen LogP contribution in [0.3, 0.4) is 0 Å². The molecule has 5 nitrogen and oxygen atoms in total. The second-order valence-corrected chi connectivity index (χ2v) is 5.35. The quantitative estimate of drug-likeness (QED) is 0.633. The van der Waals surface area contributed by atoms with Crippen LogP contribution < -0.4 is 4.74 Å². The van der Waals surface area contributed by atoms with E-state index in [-0.39, 0.29) is 11.2 Å². The van der Waals surface area contributed by atoms with Crippen molar-refractivity contribution >= 4 is 45.8 Å². The molecule has 1 aromatic carbocycles. The standard InChI is InChI=1S/C11H7Cl2N3O2S/c1-6(10-15-16-11(19-10)14-5-17)18-9-3-7(12)2-8(13)4-9/h2-4,6H,1H3.